The smallest absolute Gasteiger partial charge is 0.128 e. The normalized spacial score (nSPS) is 10.8. The van der Waals surface area contributed by atoms with Gasteiger partial charge in [-0.1, -0.05) is 48.9 Å². The Morgan fingerprint density at radius 1 is 0.769 bits per heavy atom. The SMILES string of the molecule is Oc1ccc(-c2cnc(CCCCCOCc3ccccc3)nc2)cc1. The Labute approximate surface area is 154 Å². The van der Waals surface area contributed by atoms with Crippen LogP contribution >= 0.6 is 0 Å². The molecule has 0 spiro atoms. The van der Waals surface area contributed by atoms with Gasteiger partial charge in [-0.3, -0.25) is 0 Å². The molecule has 0 amide bonds. The zero-order valence-electron chi connectivity index (χ0n) is 14.8. The first-order valence-electron chi connectivity index (χ1n) is 9.03. The number of aromatic hydroxyl groups is 1. The first-order valence-corrected chi connectivity index (χ1v) is 9.03. The highest BCUT2D eigenvalue weighted by atomic mass is 16.5. The molecule has 3 rings (SSSR count). The number of aryl methyl sites for hydroxylation is 1. The van der Waals surface area contributed by atoms with Gasteiger partial charge < -0.3 is 9.84 Å². The maximum absolute atomic E-state index is 9.34. The van der Waals surface area contributed by atoms with Crippen molar-refractivity contribution >= 4 is 0 Å². The molecular formula is C22H24N2O2. The second kappa shape index (κ2) is 9.68. The van der Waals surface area contributed by atoms with E-state index in [1.807, 2.05) is 42.7 Å². The van der Waals surface area contributed by atoms with Gasteiger partial charge in [-0.25, -0.2) is 9.97 Å². The van der Waals surface area contributed by atoms with Gasteiger partial charge in [0.1, 0.15) is 11.6 Å². The lowest BCUT2D eigenvalue weighted by Gasteiger charge is -2.05. The topological polar surface area (TPSA) is 55.2 Å². The quantitative estimate of drug-likeness (QED) is 0.566. The van der Waals surface area contributed by atoms with Crippen molar-refractivity contribution in [1.82, 2.24) is 9.97 Å². The van der Waals surface area contributed by atoms with Crippen LogP contribution < -0.4 is 0 Å². The van der Waals surface area contributed by atoms with Crippen LogP contribution in [0.3, 0.4) is 0 Å². The highest BCUT2D eigenvalue weighted by Crippen LogP contribution is 2.20. The van der Waals surface area contributed by atoms with E-state index in [0.717, 1.165) is 49.2 Å². The monoisotopic (exact) mass is 348 g/mol. The van der Waals surface area contributed by atoms with Gasteiger partial charge in [0.15, 0.2) is 0 Å². The molecule has 1 N–H and O–H groups in total. The summed E-state index contributed by atoms with van der Waals surface area (Å²) in [6.07, 6.45) is 7.80. The summed E-state index contributed by atoms with van der Waals surface area (Å²) in [6.45, 7) is 1.47. The lowest BCUT2D eigenvalue weighted by atomic mass is 10.1. The molecule has 4 heteroatoms. The summed E-state index contributed by atoms with van der Waals surface area (Å²) in [7, 11) is 0. The molecule has 4 nitrogen and oxygen atoms in total. The van der Waals surface area contributed by atoms with Crippen molar-refractivity contribution in [3.8, 4) is 16.9 Å². The Kier molecular flexibility index (Phi) is 6.73. The minimum absolute atomic E-state index is 0.263. The van der Waals surface area contributed by atoms with Gasteiger partial charge >= 0.3 is 0 Å². The van der Waals surface area contributed by atoms with Gasteiger partial charge in [-0.2, -0.15) is 0 Å². The molecule has 0 saturated carbocycles. The fourth-order valence-electron chi connectivity index (χ4n) is 2.72. The third-order valence-electron chi connectivity index (χ3n) is 4.21. The fourth-order valence-corrected chi connectivity index (χ4v) is 2.72. The van der Waals surface area contributed by atoms with Gasteiger partial charge in [0.2, 0.25) is 0 Å². The summed E-state index contributed by atoms with van der Waals surface area (Å²) >= 11 is 0. The number of aromatic nitrogens is 2. The van der Waals surface area contributed by atoms with Crippen molar-refractivity contribution in [2.24, 2.45) is 0 Å². The van der Waals surface area contributed by atoms with Crippen LogP contribution in [0.1, 0.15) is 30.7 Å². The number of hydrogen-bond donors (Lipinski definition) is 1. The van der Waals surface area contributed by atoms with E-state index in [1.54, 1.807) is 12.1 Å². The van der Waals surface area contributed by atoms with Crippen LogP contribution in [0.25, 0.3) is 11.1 Å². The third kappa shape index (κ3) is 5.67. The molecular weight excluding hydrogens is 324 g/mol. The zero-order chi connectivity index (χ0) is 18.0. The number of ether oxygens (including phenoxy) is 1. The highest BCUT2D eigenvalue weighted by Gasteiger charge is 2.01. The van der Waals surface area contributed by atoms with Crippen LogP contribution in [0.2, 0.25) is 0 Å². The maximum Gasteiger partial charge on any atom is 0.128 e. The van der Waals surface area contributed by atoms with E-state index < -0.39 is 0 Å². The second-order valence-corrected chi connectivity index (χ2v) is 6.28. The zero-order valence-corrected chi connectivity index (χ0v) is 14.8. The molecule has 0 atom stereocenters. The lowest BCUT2D eigenvalue weighted by Crippen LogP contribution is -1.98. The molecule has 0 unspecified atom stereocenters. The van der Waals surface area contributed by atoms with Crippen molar-refractivity contribution in [2.45, 2.75) is 32.3 Å². The van der Waals surface area contributed by atoms with Crippen LogP contribution in [0.5, 0.6) is 5.75 Å². The Morgan fingerprint density at radius 2 is 1.50 bits per heavy atom. The molecule has 0 saturated heterocycles. The van der Waals surface area contributed by atoms with Gasteiger partial charge in [0.25, 0.3) is 0 Å². The van der Waals surface area contributed by atoms with Gasteiger partial charge in [-0.05, 0) is 36.1 Å². The Hall–Kier alpha value is -2.72. The number of benzene rings is 2. The standard InChI is InChI=1S/C22H24N2O2/c25-21-12-10-19(11-13-21)20-15-23-22(24-16-20)9-5-2-6-14-26-17-18-7-3-1-4-8-18/h1,3-4,7-8,10-13,15-16,25H,2,5-6,9,14,17H2. The average Bonchev–Trinajstić information content (AvgIpc) is 2.69. The van der Waals surface area contributed by atoms with E-state index in [0.29, 0.717) is 6.61 Å². The number of phenols is 1. The van der Waals surface area contributed by atoms with E-state index in [-0.39, 0.29) is 5.75 Å². The minimum atomic E-state index is 0.263. The molecule has 1 aromatic heterocycles. The Balaban J connectivity index is 1.33. The molecule has 0 aliphatic carbocycles. The van der Waals surface area contributed by atoms with Crippen molar-refractivity contribution in [3.63, 3.8) is 0 Å². The molecule has 26 heavy (non-hydrogen) atoms. The molecule has 0 fully saturated rings. The van der Waals surface area contributed by atoms with Crippen LogP contribution in [-0.2, 0) is 17.8 Å². The van der Waals surface area contributed by atoms with Crippen molar-refractivity contribution < 1.29 is 9.84 Å². The summed E-state index contributed by atoms with van der Waals surface area (Å²) in [6, 6.07) is 17.3. The van der Waals surface area contributed by atoms with Crippen molar-refractivity contribution in [2.75, 3.05) is 6.61 Å². The lowest BCUT2D eigenvalue weighted by molar-refractivity contribution is 0.117. The number of rotatable bonds is 9. The summed E-state index contributed by atoms with van der Waals surface area (Å²) in [5.74, 6) is 1.14. The molecule has 0 radical (unpaired) electrons. The number of unbranched alkanes of at least 4 members (excludes halogenated alkanes) is 2. The van der Waals surface area contributed by atoms with Crippen LogP contribution in [0, 0.1) is 0 Å². The van der Waals surface area contributed by atoms with Crippen molar-refractivity contribution in [1.29, 1.82) is 0 Å². The van der Waals surface area contributed by atoms with Crippen LogP contribution in [0.4, 0.5) is 0 Å². The van der Waals surface area contributed by atoms with E-state index in [1.165, 1.54) is 5.56 Å². The first-order chi connectivity index (χ1) is 12.8. The van der Waals surface area contributed by atoms with Crippen LogP contribution in [0.15, 0.2) is 67.0 Å². The number of hydrogen-bond acceptors (Lipinski definition) is 4. The predicted octanol–water partition coefficient (Wildman–Crippen LogP) is 4.78. The van der Waals surface area contributed by atoms with E-state index >= 15 is 0 Å². The number of nitrogens with zero attached hydrogens (tertiary/aromatic N) is 2. The molecule has 3 aromatic rings. The molecule has 2 aromatic carbocycles. The molecule has 1 heterocycles. The molecule has 134 valence electrons. The van der Waals surface area contributed by atoms with E-state index in [9.17, 15) is 5.11 Å². The second-order valence-electron chi connectivity index (χ2n) is 6.28. The molecule has 0 aliphatic heterocycles. The Morgan fingerprint density at radius 3 is 2.23 bits per heavy atom. The third-order valence-corrected chi connectivity index (χ3v) is 4.21. The van der Waals surface area contributed by atoms with E-state index in [4.69, 9.17) is 4.74 Å². The van der Waals surface area contributed by atoms with Crippen molar-refractivity contribution in [3.05, 3.63) is 78.4 Å². The Bertz CT molecular complexity index is 772. The summed E-state index contributed by atoms with van der Waals surface area (Å²) in [5.41, 5.74) is 3.18. The largest absolute Gasteiger partial charge is 0.508 e. The number of phenolic OH excluding ortho intramolecular Hbond substituents is 1. The van der Waals surface area contributed by atoms with Gasteiger partial charge in [-0.15, -0.1) is 0 Å². The summed E-state index contributed by atoms with van der Waals surface area (Å²) < 4.78 is 5.70. The summed E-state index contributed by atoms with van der Waals surface area (Å²) in [5, 5.41) is 9.34. The highest BCUT2D eigenvalue weighted by molar-refractivity contribution is 5.62. The molecule has 0 bridgehead atoms. The summed E-state index contributed by atoms with van der Waals surface area (Å²) in [4.78, 5) is 8.89. The maximum atomic E-state index is 9.34. The van der Waals surface area contributed by atoms with E-state index in [2.05, 4.69) is 22.1 Å². The minimum Gasteiger partial charge on any atom is -0.508 e. The van der Waals surface area contributed by atoms with Gasteiger partial charge in [0.05, 0.1) is 6.61 Å². The van der Waals surface area contributed by atoms with Crippen LogP contribution in [-0.4, -0.2) is 21.7 Å². The first kappa shape index (κ1) is 18.1. The van der Waals surface area contributed by atoms with Gasteiger partial charge in [0, 0.05) is 31.0 Å². The molecule has 0 aliphatic rings. The fraction of sp³-hybridized carbons (Fsp3) is 0.273. The predicted molar refractivity (Wildman–Crippen MR) is 103 cm³/mol. The average molecular weight is 348 g/mol.